The number of amides is 2. The molecule has 0 saturated carbocycles. The van der Waals surface area contributed by atoms with Crippen molar-refractivity contribution in [2.45, 2.75) is 32.0 Å². The molecule has 3 aromatic heterocycles. The highest BCUT2D eigenvalue weighted by Crippen LogP contribution is 2.23. The first kappa shape index (κ1) is 26.4. The van der Waals surface area contributed by atoms with Gasteiger partial charge in [0, 0.05) is 75.4 Å². The summed E-state index contributed by atoms with van der Waals surface area (Å²) >= 11 is 0. The standard InChI is InChI=1S/C30H36N8O2/c39-30(33-26-9-12-37(22-26)20-23-5-2-1-3-6-23)35-29-8-7-27-28(34-29)17-24(18-31-27)25-19-32-38(21-25)11-4-10-36-13-15-40-16-14-36/h1-3,5-8,17-19,21,26H,4,9-16,20,22H2,(H2,33,34,35,39)/t26-/m1/s1. The number of benzene rings is 1. The van der Waals surface area contributed by atoms with Gasteiger partial charge in [0.2, 0.25) is 0 Å². The molecular formula is C30H36N8O2. The van der Waals surface area contributed by atoms with Crippen LogP contribution >= 0.6 is 0 Å². The van der Waals surface area contributed by atoms with E-state index >= 15 is 0 Å². The molecule has 2 aliphatic rings. The van der Waals surface area contributed by atoms with Gasteiger partial charge in [0.25, 0.3) is 0 Å². The summed E-state index contributed by atoms with van der Waals surface area (Å²) in [5.41, 5.74) is 4.74. The molecule has 10 nitrogen and oxygen atoms in total. The second-order valence-corrected chi connectivity index (χ2v) is 10.6. The smallest absolute Gasteiger partial charge is 0.320 e. The van der Waals surface area contributed by atoms with Gasteiger partial charge in [0.15, 0.2) is 0 Å². The van der Waals surface area contributed by atoms with Crippen molar-refractivity contribution in [1.82, 2.24) is 34.9 Å². The molecule has 40 heavy (non-hydrogen) atoms. The zero-order chi connectivity index (χ0) is 27.1. The zero-order valence-corrected chi connectivity index (χ0v) is 22.7. The first-order valence-electron chi connectivity index (χ1n) is 14.1. The van der Waals surface area contributed by atoms with Crippen molar-refractivity contribution in [3.05, 3.63) is 72.7 Å². The summed E-state index contributed by atoms with van der Waals surface area (Å²) in [6.07, 6.45) is 7.75. The second-order valence-electron chi connectivity index (χ2n) is 10.6. The Balaban J connectivity index is 1.02. The number of ether oxygens (including phenoxy) is 1. The van der Waals surface area contributed by atoms with Crippen LogP contribution in [0.25, 0.3) is 22.2 Å². The number of morpholine rings is 1. The van der Waals surface area contributed by atoms with E-state index in [9.17, 15) is 4.79 Å². The van der Waals surface area contributed by atoms with E-state index in [0.29, 0.717) is 5.82 Å². The van der Waals surface area contributed by atoms with E-state index in [4.69, 9.17) is 4.74 Å². The molecule has 10 heteroatoms. The molecule has 1 aromatic carbocycles. The molecular weight excluding hydrogens is 504 g/mol. The lowest BCUT2D eigenvalue weighted by atomic mass is 10.1. The maximum Gasteiger partial charge on any atom is 0.320 e. The maximum atomic E-state index is 12.7. The van der Waals surface area contributed by atoms with Gasteiger partial charge in [-0.3, -0.25) is 24.8 Å². The number of fused-ring (bicyclic) bond motifs is 1. The van der Waals surface area contributed by atoms with Gasteiger partial charge in [-0.25, -0.2) is 9.78 Å². The number of carbonyl (C=O) groups excluding carboxylic acids is 1. The summed E-state index contributed by atoms with van der Waals surface area (Å²) in [7, 11) is 0. The second kappa shape index (κ2) is 12.5. The van der Waals surface area contributed by atoms with E-state index in [-0.39, 0.29) is 12.1 Å². The third kappa shape index (κ3) is 6.82. The minimum atomic E-state index is -0.235. The van der Waals surface area contributed by atoms with E-state index in [2.05, 4.69) is 66.0 Å². The molecule has 1 atom stereocenters. The number of aryl methyl sites for hydroxylation is 1. The SMILES string of the molecule is O=C(Nc1ccc2ncc(-c3cnn(CCCN4CCOCC4)c3)cc2n1)N[C@@H]1CCN(Cc2ccccc2)C1. The quantitative estimate of drug-likeness (QED) is 0.335. The van der Waals surface area contributed by atoms with Gasteiger partial charge in [0.05, 0.1) is 30.4 Å². The van der Waals surface area contributed by atoms with Crippen LogP contribution in [0.2, 0.25) is 0 Å². The Morgan fingerprint density at radius 2 is 1.82 bits per heavy atom. The molecule has 0 radical (unpaired) electrons. The van der Waals surface area contributed by atoms with Crippen LogP contribution in [0.4, 0.5) is 10.6 Å². The number of nitrogens with one attached hydrogen (secondary N) is 2. The summed E-state index contributed by atoms with van der Waals surface area (Å²) in [4.78, 5) is 26.8. The predicted octanol–water partition coefficient (Wildman–Crippen LogP) is 3.61. The number of likely N-dealkylation sites (tertiary alicyclic amines) is 1. The molecule has 2 fully saturated rings. The lowest BCUT2D eigenvalue weighted by molar-refractivity contribution is 0.0368. The van der Waals surface area contributed by atoms with Crippen LogP contribution in [0.15, 0.2) is 67.1 Å². The van der Waals surface area contributed by atoms with Crippen molar-refractivity contribution in [3.63, 3.8) is 0 Å². The topological polar surface area (TPSA) is 100 Å². The van der Waals surface area contributed by atoms with Crippen LogP contribution in [0.1, 0.15) is 18.4 Å². The fourth-order valence-electron chi connectivity index (χ4n) is 5.42. The molecule has 2 N–H and O–H groups in total. The number of aromatic nitrogens is 4. The number of rotatable bonds is 9. The Labute approximate surface area is 234 Å². The van der Waals surface area contributed by atoms with E-state index < -0.39 is 0 Å². The first-order valence-corrected chi connectivity index (χ1v) is 14.1. The monoisotopic (exact) mass is 540 g/mol. The van der Waals surface area contributed by atoms with Crippen LogP contribution in [0.5, 0.6) is 0 Å². The van der Waals surface area contributed by atoms with Crippen molar-refractivity contribution in [2.75, 3.05) is 51.3 Å². The highest BCUT2D eigenvalue weighted by molar-refractivity contribution is 5.90. The average molecular weight is 541 g/mol. The fourth-order valence-corrected chi connectivity index (χ4v) is 5.42. The summed E-state index contributed by atoms with van der Waals surface area (Å²) in [5.74, 6) is 0.502. The fraction of sp³-hybridized carbons (Fsp3) is 0.400. The number of carbonyl (C=O) groups is 1. The Hall–Kier alpha value is -3.86. The van der Waals surface area contributed by atoms with E-state index in [1.165, 1.54) is 5.56 Å². The predicted molar refractivity (Wildman–Crippen MR) is 155 cm³/mol. The summed E-state index contributed by atoms with van der Waals surface area (Å²) in [5, 5.41) is 10.6. The van der Waals surface area contributed by atoms with Gasteiger partial charge in [0.1, 0.15) is 5.82 Å². The lowest BCUT2D eigenvalue weighted by Gasteiger charge is -2.26. The Morgan fingerprint density at radius 3 is 2.70 bits per heavy atom. The molecule has 0 aliphatic carbocycles. The van der Waals surface area contributed by atoms with Crippen molar-refractivity contribution >= 4 is 22.9 Å². The Kier molecular flexibility index (Phi) is 8.27. The molecule has 5 heterocycles. The first-order chi connectivity index (χ1) is 19.7. The van der Waals surface area contributed by atoms with Gasteiger partial charge >= 0.3 is 6.03 Å². The van der Waals surface area contributed by atoms with E-state index in [1.54, 1.807) is 6.07 Å². The van der Waals surface area contributed by atoms with Gasteiger partial charge in [-0.2, -0.15) is 5.10 Å². The Morgan fingerprint density at radius 1 is 0.950 bits per heavy atom. The molecule has 2 saturated heterocycles. The van der Waals surface area contributed by atoms with Crippen LogP contribution in [-0.2, 0) is 17.8 Å². The van der Waals surface area contributed by atoms with Crippen molar-refractivity contribution in [3.8, 4) is 11.1 Å². The molecule has 0 spiro atoms. The van der Waals surface area contributed by atoms with Gasteiger partial charge in [-0.1, -0.05) is 30.3 Å². The van der Waals surface area contributed by atoms with Gasteiger partial charge in [-0.05, 0) is 36.6 Å². The normalized spacial score (nSPS) is 18.2. The van der Waals surface area contributed by atoms with Gasteiger partial charge < -0.3 is 10.1 Å². The Bertz CT molecular complexity index is 1420. The maximum absolute atomic E-state index is 12.7. The number of urea groups is 1. The van der Waals surface area contributed by atoms with Gasteiger partial charge in [-0.15, -0.1) is 0 Å². The number of hydrogen-bond acceptors (Lipinski definition) is 7. The summed E-state index contributed by atoms with van der Waals surface area (Å²) in [6, 6.07) is 16.0. The molecule has 2 aliphatic heterocycles. The van der Waals surface area contributed by atoms with Crippen molar-refractivity contribution in [1.29, 1.82) is 0 Å². The molecule has 2 amide bonds. The summed E-state index contributed by atoms with van der Waals surface area (Å²) < 4.78 is 7.41. The molecule has 0 bridgehead atoms. The zero-order valence-electron chi connectivity index (χ0n) is 22.7. The third-order valence-electron chi connectivity index (χ3n) is 7.57. The highest BCUT2D eigenvalue weighted by Gasteiger charge is 2.24. The summed E-state index contributed by atoms with van der Waals surface area (Å²) in [6.45, 7) is 8.28. The number of anilines is 1. The lowest BCUT2D eigenvalue weighted by Crippen LogP contribution is -2.39. The van der Waals surface area contributed by atoms with E-state index in [0.717, 1.165) is 94.0 Å². The molecule has 6 rings (SSSR count). The van der Waals surface area contributed by atoms with E-state index in [1.807, 2.05) is 35.3 Å². The molecule has 0 unspecified atom stereocenters. The molecule has 208 valence electrons. The number of pyridine rings is 2. The van der Waals surface area contributed by atoms with Crippen molar-refractivity contribution in [2.24, 2.45) is 0 Å². The minimum absolute atomic E-state index is 0.114. The average Bonchev–Trinajstić information content (AvgIpc) is 3.63. The van der Waals surface area contributed by atoms with Crippen LogP contribution < -0.4 is 10.6 Å². The minimum Gasteiger partial charge on any atom is -0.379 e. The number of nitrogens with zero attached hydrogens (tertiary/aromatic N) is 6. The highest BCUT2D eigenvalue weighted by atomic mass is 16.5. The van der Waals surface area contributed by atoms with Crippen LogP contribution in [0, 0.1) is 0 Å². The largest absolute Gasteiger partial charge is 0.379 e. The third-order valence-corrected chi connectivity index (χ3v) is 7.57. The van der Waals surface area contributed by atoms with Crippen LogP contribution in [-0.4, -0.2) is 87.6 Å². The van der Waals surface area contributed by atoms with Crippen molar-refractivity contribution < 1.29 is 9.53 Å². The molecule has 4 aromatic rings. The van der Waals surface area contributed by atoms with Crippen LogP contribution in [0.3, 0.4) is 0 Å². The number of hydrogen-bond donors (Lipinski definition) is 2.